The zero-order chi connectivity index (χ0) is 15.8. The molecule has 4 nitrogen and oxygen atoms in total. The smallest absolute Gasteiger partial charge is 0.229 e. The summed E-state index contributed by atoms with van der Waals surface area (Å²) in [5.41, 5.74) is 0.474. The van der Waals surface area contributed by atoms with Gasteiger partial charge in [0.25, 0.3) is 10.0 Å². The van der Waals surface area contributed by atoms with Crippen LogP contribution in [-0.2, 0) is 10.0 Å². The number of hydrogen-bond acceptors (Lipinski definition) is 4. The van der Waals surface area contributed by atoms with E-state index in [4.69, 9.17) is 11.6 Å². The van der Waals surface area contributed by atoms with Gasteiger partial charge in [-0.25, -0.2) is 18.1 Å². The molecule has 2 rings (SSSR count). The highest BCUT2D eigenvalue weighted by atomic mass is 35.5. The van der Waals surface area contributed by atoms with E-state index >= 15 is 0 Å². The third-order valence-corrected chi connectivity index (χ3v) is 7.66. The Hall–Kier alpha value is -0.170. The highest BCUT2D eigenvalue weighted by Crippen LogP contribution is 2.35. The average molecular weight is 351 g/mol. The van der Waals surface area contributed by atoms with E-state index in [2.05, 4.69) is 30.5 Å². The molecule has 1 fully saturated rings. The molecule has 0 spiro atoms. The molecule has 120 valence electrons. The molecule has 0 amide bonds. The Kier molecular flexibility index (Phi) is 5.34. The van der Waals surface area contributed by atoms with Gasteiger partial charge in [0.1, 0.15) is 0 Å². The van der Waals surface area contributed by atoms with Crippen LogP contribution in [0, 0.1) is 24.7 Å². The fourth-order valence-electron chi connectivity index (χ4n) is 3.19. The second-order valence-corrected chi connectivity index (χ2v) is 9.88. The average Bonchev–Trinajstić information content (AvgIpc) is 2.68. The molecule has 1 aliphatic rings. The summed E-state index contributed by atoms with van der Waals surface area (Å²) in [6.07, 6.45) is 3.15. The minimum Gasteiger partial charge on any atom is -0.229 e. The van der Waals surface area contributed by atoms with Crippen molar-refractivity contribution in [3.05, 3.63) is 10.2 Å². The predicted molar refractivity (Wildman–Crippen MR) is 87.3 cm³/mol. The molecule has 3 unspecified atom stereocenters. The lowest BCUT2D eigenvalue weighted by molar-refractivity contribution is 0.188. The second-order valence-electron chi connectivity index (χ2n) is 6.39. The quantitative estimate of drug-likeness (QED) is 0.897. The van der Waals surface area contributed by atoms with Crippen LogP contribution in [0.15, 0.2) is 4.21 Å². The van der Waals surface area contributed by atoms with Gasteiger partial charge in [-0.05, 0) is 37.5 Å². The molecule has 1 aliphatic carbocycles. The van der Waals surface area contributed by atoms with Crippen LogP contribution in [0.5, 0.6) is 0 Å². The summed E-state index contributed by atoms with van der Waals surface area (Å²) < 4.78 is 28.6. The van der Waals surface area contributed by atoms with Crippen molar-refractivity contribution in [1.82, 2.24) is 9.71 Å². The van der Waals surface area contributed by atoms with Crippen LogP contribution in [0.4, 0.5) is 0 Å². The molecule has 1 aromatic rings. The molecule has 3 atom stereocenters. The maximum Gasteiger partial charge on any atom is 0.252 e. The van der Waals surface area contributed by atoms with Crippen LogP contribution < -0.4 is 4.72 Å². The molecule has 0 aromatic carbocycles. The number of nitrogens with one attached hydrogen (secondary N) is 1. The van der Waals surface area contributed by atoms with E-state index in [0.29, 0.717) is 23.4 Å². The fourth-order valence-corrected chi connectivity index (χ4v) is 6.25. The summed E-state index contributed by atoms with van der Waals surface area (Å²) in [5.74, 6) is 1.41. The number of nitrogens with zero attached hydrogens (tertiary/aromatic N) is 1. The molecule has 21 heavy (non-hydrogen) atoms. The van der Waals surface area contributed by atoms with E-state index in [1.54, 1.807) is 6.92 Å². The standard InChI is InChI=1S/C14H23ClN2O2S2/c1-8(2)11-6-5-9(3)7-12(11)17-21(18,19)13-10(4)16-14(15)20-13/h8-9,11-12,17H,5-7H2,1-4H3. The highest BCUT2D eigenvalue weighted by molar-refractivity contribution is 7.91. The Morgan fingerprint density at radius 3 is 2.57 bits per heavy atom. The van der Waals surface area contributed by atoms with Gasteiger partial charge in [0.2, 0.25) is 0 Å². The van der Waals surface area contributed by atoms with Gasteiger partial charge >= 0.3 is 0 Å². The molecular formula is C14H23ClN2O2S2. The first-order valence-corrected chi connectivity index (χ1v) is 10.0. The van der Waals surface area contributed by atoms with Crippen molar-refractivity contribution in [2.75, 3.05) is 0 Å². The van der Waals surface area contributed by atoms with Gasteiger partial charge < -0.3 is 0 Å². The van der Waals surface area contributed by atoms with Gasteiger partial charge in [0, 0.05) is 6.04 Å². The number of thiazole rings is 1. The van der Waals surface area contributed by atoms with Crippen LogP contribution in [0.2, 0.25) is 4.47 Å². The van der Waals surface area contributed by atoms with E-state index in [1.807, 2.05) is 0 Å². The van der Waals surface area contributed by atoms with E-state index in [1.165, 1.54) is 6.42 Å². The molecule has 7 heteroatoms. The Bertz CT molecular complexity index is 598. The molecule has 0 bridgehead atoms. The SMILES string of the molecule is Cc1nc(Cl)sc1S(=O)(=O)NC1CC(C)CCC1C(C)C. The van der Waals surface area contributed by atoms with Gasteiger partial charge in [-0.15, -0.1) is 0 Å². The third-order valence-electron chi connectivity index (χ3n) is 4.30. The van der Waals surface area contributed by atoms with E-state index in [0.717, 1.165) is 24.2 Å². The number of hydrogen-bond donors (Lipinski definition) is 1. The molecule has 1 N–H and O–H groups in total. The Morgan fingerprint density at radius 1 is 1.38 bits per heavy atom. The van der Waals surface area contributed by atoms with Crippen LogP contribution >= 0.6 is 22.9 Å². The normalized spacial score (nSPS) is 27.2. The zero-order valence-electron chi connectivity index (χ0n) is 12.9. The number of sulfonamides is 1. The Labute approximate surface area is 136 Å². The summed E-state index contributed by atoms with van der Waals surface area (Å²) in [6.45, 7) is 8.20. The van der Waals surface area contributed by atoms with Crippen molar-refractivity contribution in [2.45, 2.75) is 57.2 Å². The number of rotatable bonds is 4. The predicted octanol–water partition coefficient (Wildman–Crippen LogP) is 3.84. The van der Waals surface area contributed by atoms with Crippen molar-refractivity contribution < 1.29 is 8.42 Å². The maximum atomic E-state index is 12.6. The molecule has 0 radical (unpaired) electrons. The first-order chi connectivity index (χ1) is 9.70. The third kappa shape index (κ3) is 3.97. The zero-order valence-corrected chi connectivity index (χ0v) is 15.3. The number of aryl methyl sites for hydroxylation is 1. The van der Waals surface area contributed by atoms with Gasteiger partial charge in [0.15, 0.2) is 8.68 Å². The summed E-state index contributed by atoms with van der Waals surface area (Å²) in [7, 11) is -3.54. The summed E-state index contributed by atoms with van der Waals surface area (Å²) >= 11 is 6.86. The topological polar surface area (TPSA) is 59.1 Å². The Balaban J connectivity index is 2.23. The maximum absolute atomic E-state index is 12.6. The van der Waals surface area contributed by atoms with E-state index in [9.17, 15) is 8.42 Å². The summed E-state index contributed by atoms with van der Waals surface area (Å²) in [6, 6.07) is -0.000902. The number of halogens is 1. The molecule has 1 heterocycles. The highest BCUT2D eigenvalue weighted by Gasteiger charge is 2.34. The van der Waals surface area contributed by atoms with Crippen molar-refractivity contribution >= 4 is 33.0 Å². The van der Waals surface area contributed by atoms with Gasteiger partial charge in [-0.1, -0.05) is 50.1 Å². The monoisotopic (exact) mass is 350 g/mol. The lowest BCUT2D eigenvalue weighted by Crippen LogP contribution is -2.45. The van der Waals surface area contributed by atoms with Gasteiger partial charge in [0.05, 0.1) is 5.69 Å². The van der Waals surface area contributed by atoms with E-state index in [-0.39, 0.29) is 14.7 Å². The number of aromatic nitrogens is 1. The van der Waals surface area contributed by atoms with Crippen LogP contribution in [-0.4, -0.2) is 19.4 Å². The van der Waals surface area contributed by atoms with Crippen molar-refractivity contribution in [3.63, 3.8) is 0 Å². The molecule has 1 aromatic heterocycles. The van der Waals surface area contributed by atoms with Crippen molar-refractivity contribution in [3.8, 4) is 0 Å². The van der Waals surface area contributed by atoms with Crippen LogP contribution in [0.25, 0.3) is 0 Å². The molecular weight excluding hydrogens is 328 g/mol. The molecule has 0 saturated heterocycles. The minimum atomic E-state index is -3.54. The van der Waals surface area contributed by atoms with Crippen LogP contribution in [0.3, 0.4) is 0 Å². The van der Waals surface area contributed by atoms with Crippen LogP contribution in [0.1, 0.15) is 45.7 Å². The van der Waals surface area contributed by atoms with Gasteiger partial charge in [-0.3, -0.25) is 0 Å². The lowest BCUT2D eigenvalue weighted by atomic mass is 9.74. The summed E-state index contributed by atoms with van der Waals surface area (Å²) in [4.78, 5) is 4.00. The fraction of sp³-hybridized carbons (Fsp3) is 0.786. The van der Waals surface area contributed by atoms with Crippen molar-refractivity contribution in [1.29, 1.82) is 0 Å². The van der Waals surface area contributed by atoms with Crippen molar-refractivity contribution in [2.24, 2.45) is 17.8 Å². The Morgan fingerprint density at radius 2 is 2.05 bits per heavy atom. The molecule has 1 saturated carbocycles. The largest absolute Gasteiger partial charge is 0.252 e. The second kappa shape index (κ2) is 6.52. The molecule has 0 aliphatic heterocycles. The first-order valence-electron chi connectivity index (χ1n) is 7.36. The minimum absolute atomic E-state index is 0.000902. The first kappa shape index (κ1) is 17.2. The summed E-state index contributed by atoms with van der Waals surface area (Å²) in [5, 5.41) is 0. The lowest BCUT2D eigenvalue weighted by Gasteiger charge is -2.37. The van der Waals surface area contributed by atoms with E-state index < -0.39 is 10.0 Å². The van der Waals surface area contributed by atoms with Gasteiger partial charge in [-0.2, -0.15) is 0 Å².